The first-order valence-corrected chi connectivity index (χ1v) is 6.45. The van der Waals surface area contributed by atoms with Crippen LogP contribution in [0.1, 0.15) is 40.0 Å². The number of rotatable bonds is 0. The summed E-state index contributed by atoms with van der Waals surface area (Å²) in [5, 5.41) is 0. The van der Waals surface area contributed by atoms with Gasteiger partial charge in [-0.1, -0.05) is 20.8 Å². The van der Waals surface area contributed by atoms with Crippen LogP contribution in [0.25, 0.3) is 0 Å². The van der Waals surface area contributed by atoms with Crippen molar-refractivity contribution >= 4 is 11.9 Å². The van der Waals surface area contributed by atoms with Crippen molar-refractivity contribution in [2.24, 2.45) is 16.7 Å². The van der Waals surface area contributed by atoms with Crippen molar-refractivity contribution in [3.05, 3.63) is 12.2 Å². The summed E-state index contributed by atoms with van der Waals surface area (Å²) in [5.41, 5.74) is -0.292. The summed E-state index contributed by atoms with van der Waals surface area (Å²) in [5.74, 6) is -1.60. The zero-order chi connectivity index (χ0) is 13.2. The van der Waals surface area contributed by atoms with Crippen LogP contribution >= 0.6 is 0 Å². The monoisotopic (exact) mass is 250 g/mol. The molecule has 4 nitrogen and oxygen atoms in total. The topological polar surface area (TPSA) is 52.6 Å². The van der Waals surface area contributed by atoms with Gasteiger partial charge in [0, 0.05) is 18.6 Å². The van der Waals surface area contributed by atoms with Crippen molar-refractivity contribution in [2.45, 2.75) is 45.8 Å². The first-order chi connectivity index (χ1) is 8.31. The Balaban J connectivity index is 2.07. The highest BCUT2D eigenvalue weighted by Gasteiger charge is 2.73. The van der Waals surface area contributed by atoms with E-state index >= 15 is 0 Å². The molecule has 0 aromatic carbocycles. The summed E-state index contributed by atoms with van der Waals surface area (Å²) in [6, 6.07) is 0. The molecular formula is C14H18O4. The van der Waals surface area contributed by atoms with E-state index < -0.39 is 17.7 Å². The fraction of sp³-hybridized carbons (Fsp3) is 0.714. The van der Waals surface area contributed by atoms with Crippen LogP contribution in [0.15, 0.2) is 12.2 Å². The minimum atomic E-state index is -1.07. The van der Waals surface area contributed by atoms with Gasteiger partial charge in [-0.3, -0.25) is 0 Å². The predicted molar refractivity (Wildman–Crippen MR) is 63.3 cm³/mol. The van der Waals surface area contributed by atoms with Crippen LogP contribution in [-0.2, 0) is 19.1 Å². The molecule has 0 saturated heterocycles. The van der Waals surface area contributed by atoms with E-state index in [1.54, 1.807) is 0 Å². The highest BCUT2D eigenvalue weighted by molar-refractivity contribution is 5.93. The highest BCUT2D eigenvalue weighted by atomic mass is 16.7. The van der Waals surface area contributed by atoms with Gasteiger partial charge in [0.25, 0.3) is 5.79 Å². The average molecular weight is 250 g/mol. The van der Waals surface area contributed by atoms with Gasteiger partial charge in [-0.2, -0.15) is 0 Å². The number of hydrogen-bond acceptors (Lipinski definition) is 4. The van der Waals surface area contributed by atoms with Gasteiger partial charge in [0.05, 0.1) is 5.41 Å². The maximum Gasteiger partial charge on any atom is 0.334 e. The van der Waals surface area contributed by atoms with Crippen molar-refractivity contribution in [1.29, 1.82) is 0 Å². The van der Waals surface area contributed by atoms with Gasteiger partial charge in [-0.15, -0.1) is 0 Å². The van der Waals surface area contributed by atoms with E-state index in [2.05, 4.69) is 20.8 Å². The van der Waals surface area contributed by atoms with Crippen LogP contribution in [0.4, 0.5) is 0 Å². The summed E-state index contributed by atoms with van der Waals surface area (Å²) in [7, 11) is 0. The Labute approximate surface area is 106 Å². The molecule has 1 aliphatic heterocycles. The molecule has 0 aromatic heterocycles. The third kappa shape index (κ3) is 1.16. The fourth-order valence-corrected chi connectivity index (χ4v) is 4.04. The average Bonchev–Trinajstić information content (AvgIpc) is 2.51. The summed E-state index contributed by atoms with van der Waals surface area (Å²) in [6.45, 7) is 6.44. The second kappa shape index (κ2) is 3.16. The van der Waals surface area contributed by atoms with Crippen LogP contribution in [0.3, 0.4) is 0 Å². The molecule has 2 saturated carbocycles. The predicted octanol–water partition coefficient (Wildman–Crippen LogP) is 2.19. The molecule has 18 heavy (non-hydrogen) atoms. The van der Waals surface area contributed by atoms with Gasteiger partial charge < -0.3 is 9.47 Å². The molecule has 0 amide bonds. The van der Waals surface area contributed by atoms with Gasteiger partial charge >= 0.3 is 11.9 Å². The molecule has 0 radical (unpaired) electrons. The standard InChI is InChI=1S/C14H18O4/c1-12(2)9-6-7-13(12,3)14(8-9)17-10(15)4-5-11(16)18-14/h4-5,9H,6-8H2,1-3H3. The van der Waals surface area contributed by atoms with Crippen LogP contribution in [0, 0.1) is 16.7 Å². The van der Waals surface area contributed by atoms with E-state index in [9.17, 15) is 9.59 Å². The normalized spacial score (nSPS) is 39.6. The molecule has 1 spiro atoms. The van der Waals surface area contributed by atoms with E-state index in [0.717, 1.165) is 25.0 Å². The maximum atomic E-state index is 11.7. The number of carbonyl (C=O) groups excluding carboxylic acids is 2. The van der Waals surface area contributed by atoms with Crippen LogP contribution in [-0.4, -0.2) is 17.7 Å². The van der Waals surface area contributed by atoms with Crippen LogP contribution < -0.4 is 0 Å². The zero-order valence-corrected chi connectivity index (χ0v) is 11.0. The minimum Gasteiger partial charge on any atom is -0.419 e. The molecule has 1 heterocycles. The molecule has 2 atom stereocenters. The van der Waals surface area contributed by atoms with E-state index in [-0.39, 0.29) is 10.8 Å². The molecule has 4 heteroatoms. The second-order valence-electron chi connectivity index (χ2n) is 6.42. The summed E-state index contributed by atoms with van der Waals surface area (Å²) >= 11 is 0. The van der Waals surface area contributed by atoms with Gasteiger partial charge in [-0.25, -0.2) is 9.59 Å². The molecule has 3 aliphatic rings. The van der Waals surface area contributed by atoms with Gasteiger partial charge in [-0.05, 0) is 24.2 Å². The van der Waals surface area contributed by atoms with Crippen molar-refractivity contribution in [1.82, 2.24) is 0 Å². The Hall–Kier alpha value is -1.32. The van der Waals surface area contributed by atoms with Gasteiger partial charge in [0.15, 0.2) is 0 Å². The Morgan fingerprint density at radius 3 is 2.06 bits per heavy atom. The third-order valence-electron chi connectivity index (χ3n) is 5.68. The summed E-state index contributed by atoms with van der Waals surface area (Å²) < 4.78 is 11.1. The van der Waals surface area contributed by atoms with Gasteiger partial charge in [0.1, 0.15) is 0 Å². The lowest BCUT2D eigenvalue weighted by Gasteiger charge is -2.45. The zero-order valence-electron chi connectivity index (χ0n) is 11.0. The van der Waals surface area contributed by atoms with E-state index in [1.165, 1.54) is 0 Å². The number of carbonyl (C=O) groups is 2. The lowest BCUT2D eigenvalue weighted by molar-refractivity contribution is -0.266. The van der Waals surface area contributed by atoms with Gasteiger partial charge in [0.2, 0.25) is 0 Å². The SMILES string of the molecule is CC1(C)C2CCC1(C)C1(C2)OC(=O)C=CC(=O)O1. The lowest BCUT2D eigenvalue weighted by Crippen LogP contribution is -2.52. The van der Waals surface area contributed by atoms with E-state index in [4.69, 9.17) is 9.47 Å². The summed E-state index contributed by atoms with van der Waals surface area (Å²) in [6.07, 6.45) is 4.95. The van der Waals surface area contributed by atoms with Crippen LogP contribution in [0.2, 0.25) is 0 Å². The number of esters is 2. The van der Waals surface area contributed by atoms with Crippen molar-refractivity contribution in [3.63, 3.8) is 0 Å². The Morgan fingerprint density at radius 1 is 1.11 bits per heavy atom. The lowest BCUT2D eigenvalue weighted by atomic mass is 9.68. The summed E-state index contributed by atoms with van der Waals surface area (Å²) in [4.78, 5) is 23.4. The van der Waals surface area contributed by atoms with Crippen molar-refractivity contribution in [3.8, 4) is 0 Å². The molecule has 0 N–H and O–H groups in total. The third-order valence-corrected chi connectivity index (χ3v) is 5.68. The Morgan fingerprint density at radius 2 is 1.67 bits per heavy atom. The maximum absolute atomic E-state index is 11.7. The Kier molecular flexibility index (Phi) is 2.07. The van der Waals surface area contributed by atoms with E-state index in [0.29, 0.717) is 12.3 Å². The molecule has 3 rings (SSSR count). The highest BCUT2D eigenvalue weighted by Crippen LogP contribution is 2.71. The smallest absolute Gasteiger partial charge is 0.334 e. The van der Waals surface area contributed by atoms with Crippen molar-refractivity contribution in [2.75, 3.05) is 0 Å². The largest absolute Gasteiger partial charge is 0.419 e. The number of hydrogen-bond donors (Lipinski definition) is 0. The molecule has 2 bridgehead atoms. The molecule has 98 valence electrons. The first-order valence-electron chi connectivity index (χ1n) is 6.45. The van der Waals surface area contributed by atoms with Crippen LogP contribution in [0.5, 0.6) is 0 Å². The molecule has 0 aromatic rings. The molecule has 2 unspecified atom stereocenters. The Bertz CT molecular complexity index is 442. The van der Waals surface area contributed by atoms with E-state index in [1.807, 2.05) is 0 Å². The fourth-order valence-electron chi connectivity index (χ4n) is 4.04. The second-order valence-corrected chi connectivity index (χ2v) is 6.42. The molecule has 2 aliphatic carbocycles. The quantitative estimate of drug-likeness (QED) is 0.618. The first kappa shape index (κ1) is 11.8. The van der Waals surface area contributed by atoms with Crippen molar-refractivity contribution < 1.29 is 19.1 Å². The minimum absolute atomic E-state index is 0.0118. The molecular weight excluding hydrogens is 232 g/mol. The number of fused-ring (bicyclic) bond motifs is 3. The number of ether oxygens (including phenoxy) is 2. The molecule has 2 fully saturated rings.